The molecule has 0 radical (unpaired) electrons. The normalized spacial score (nSPS) is 12.6. The molecule has 100 valence electrons. The molecule has 1 amide bonds. The summed E-state index contributed by atoms with van der Waals surface area (Å²) < 4.78 is 0. The zero-order valence-corrected chi connectivity index (χ0v) is 12.6. The lowest BCUT2D eigenvalue weighted by Crippen LogP contribution is -2.37. The lowest BCUT2D eigenvalue weighted by molar-refractivity contribution is 0.0937. The van der Waals surface area contributed by atoms with Gasteiger partial charge in [-0.1, -0.05) is 43.1 Å². The second-order valence-corrected chi connectivity index (χ2v) is 5.67. The Morgan fingerprint density at radius 3 is 2.28 bits per heavy atom. The molecule has 0 bridgehead atoms. The molecule has 1 aromatic rings. The van der Waals surface area contributed by atoms with Crippen molar-refractivity contribution >= 4 is 40.7 Å². The molecule has 5 heteroatoms. The monoisotopic (exact) mass is 307 g/mol. The molecular weight excluding hydrogens is 293 g/mol. The molecule has 0 aliphatic carbocycles. The number of benzene rings is 1. The Morgan fingerprint density at radius 1 is 1.28 bits per heavy atom. The van der Waals surface area contributed by atoms with Crippen LogP contribution in [0.3, 0.4) is 0 Å². The highest BCUT2D eigenvalue weighted by atomic mass is 35.5. The molecule has 0 saturated heterocycles. The summed E-state index contributed by atoms with van der Waals surface area (Å²) in [4.78, 5) is 12.1. The summed E-state index contributed by atoms with van der Waals surface area (Å²) in [5, 5.41) is 3.55. The summed E-state index contributed by atoms with van der Waals surface area (Å²) in [6.45, 7) is 4.16. The number of carbonyl (C=O) groups is 1. The summed E-state index contributed by atoms with van der Waals surface area (Å²) in [6, 6.07) is 4.90. The van der Waals surface area contributed by atoms with Gasteiger partial charge >= 0.3 is 0 Å². The Kier molecular flexibility index (Phi) is 6.27. The van der Waals surface area contributed by atoms with Crippen LogP contribution in [0.15, 0.2) is 18.2 Å². The van der Waals surface area contributed by atoms with Crippen LogP contribution in [0, 0.1) is 5.92 Å². The minimum Gasteiger partial charge on any atom is -0.348 e. The number of rotatable bonds is 5. The Labute approximate surface area is 123 Å². The third-order valence-corrected chi connectivity index (χ3v) is 3.47. The molecule has 0 fully saturated rings. The molecule has 0 aliphatic heterocycles. The van der Waals surface area contributed by atoms with E-state index in [9.17, 15) is 4.79 Å². The molecule has 18 heavy (non-hydrogen) atoms. The predicted molar refractivity (Wildman–Crippen MR) is 77.9 cm³/mol. The summed E-state index contributed by atoms with van der Waals surface area (Å²) in [5.41, 5.74) is 0.305. The number of halogens is 3. The molecular formula is C13H16Cl3NO. The number of amides is 1. The van der Waals surface area contributed by atoms with Gasteiger partial charge in [0.25, 0.3) is 5.91 Å². The van der Waals surface area contributed by atoms with Crippen molar-refractivity contribution in [2.75, 3.05) is 5.88 Å². The molecule has 1 atom stereocenters. The van der Waals surface area contributed by atoms with Crippen molar-refractivity contribution in [3.05, 3.63) is 33.8 Å². The number of hydrogen-bond acceptors (Lipinski definition) is 1. The number of carbonyl (C=O) groups excluding carboxylic acids is 1. The first kappa shape index (κ1) is 15.6. The van der Waals surface area contributed by atoms with Crippen molar-refractivity contribution in [2.45, 2.75) is 26.3 Å². The summed E-state index contributed by atoms with van der Waals surface area (Å²) in [7, 11) is 0. The van der Waals surface area contributed by atoms with E-state index in [0.29, 0.717) is 27.4 Å². The molecule has 1 aromatic carbocycles. The van der Waals surface area contributed by atoms with Crippen LogP contribution < -0.4 is 5.32 Å². The smallest absolute Gasteiger partial charge is 0.254 e. The van der Waals surface area contributed by atoms with Gasteiger partial charge in [0.05, 0.1) is 15.6 Å². The van der Waals surface area contributed by atoms with Crippen LogP contribution in [-0.4, -0.2) is 17.8 Å². The molecule has 0 saturated carbocycles. The van der Waals surface area contributed by atoms with E-state index in [2.05, 4.69) is 19.2 Å². The first-order valence-corrected chi connectivity index (χ1v) is 7.05. The van der Waals surface area contributed by atoms with Crippen LogP contribution in [0.4, 0.5) is 0 Å². The van der Waals surface area contributed by atoms with Gasteiger partial charge in [-0.25, -0.2) is 0 Å². The zero-order valence-electron chi connectivity index (χ0n) is 10.3. The molecule has 0 aliphatic rings. The summed E-state index contributed by atoms with van der Waals surface area (Å²) in [6.07, 6.45) is 0.817. The zero-order chi connectivity index (χ0) is 13.7. The minimum atomic E-state index is -0.281. The van der Waals surface area contributed by atoms with Crippen molar-refractivity contribution in [3.8, 4) is 0 Å². The Balaban J connectivity index is 2.81. The second-order valence-electron chi connectivity index (χ2n) is 4.55. The Morgan fingerprint density at radius 2 is 1.83 bits per heavy atom. The molecule has 1 N–H and O–H groups in total. The molecule has 0 heterocycles. The Hall–Kier alpha value is -0.440. The maximum absolute atomic E-state index is 12.1. The van der Waals surface area contributed by atoms with Crippen LogP contribution in [-0.2, 0) is 0 Å². The van der Waals surface area contributed by atoms with Crippen LogP contribution in [0.2, 0.25) is 10.0 Å². The average Bonchev–Trinajstić information content (AvgIpc) is 2.27. The van der Waals surface area contributed by atoms with Gasteiger partial charge in [-0.3, -0.25) is 4.79 Å². The van der Waals surface area contributed by atoms with Crippen LogP contribution in [0.1, 0.15) is 30.6 Å². The maximum Gasteiger partial charge on any atom is 0.254 e. The number of alkyl halides is 1. The van der Waals surface area contributed by atoms with E-state index >= 15 is 0 Å². The molecule has 0 aromatic heterocycles. The molecule has 1 unspecified atom stereocenters. The van der Waals surface area contributed by atoms with Crippen molar-refractivity contribution in [1.82, 2.24) is 5.32 Å². The van der Waals surface area contributed by atoms with Gasteiger partial charge in [-0.05, 0) is 24.5 Å². The highest BCUT2D eigenvalue weighted by Crippen LogP contribution is 2.24. The standard InChI is InChI=1S/C13H16Cl3NO/c1-8(2)6-9(7-14)17-13(18)12-10(15)4-3-5-11(12)16/h3-5,8-9H,6-7H2,1-2H3,(H,17,18). The van der Waals surface area contributed by atoms with E-state index in [1.807, 2.05) is 0 Å². The van der Waals surface area contributed by atoms with Crippen molar-refractivity contribution in [2.24, 2.45) is 5.92 Å². The first-order valence-electron chi connectivity index (χ1n) is 5.76. The van der Waals surface area contributed by atoms with E-state index in [1.54, 1.807) is 18.2 Å². The third kappa shape index (κ3) is 4.34. The predicted octanol–water partition coefficient (Wildman–Crippen LogP) is 4.38. The fraction of sp³-hybridized carbons (Fsp3) is 0.462. The topological polar surface area (TPSA) is 29.1 Å². The first-order chi connectivity index (χ1) is 8.45. The highest BCUT2D eigenvalue weighted by molar-refractivity contribution is 6.39. The Bertz CT molecular complexity index is 400. The van der Waals surface area contributed by atoms with Gasteiger partial charge in [0, 0.05) is 11.9 Å². The average molecular weight is 309 g/mol. The second kappa shape index (κ2) is 7.22. The quantitative estimate of drug-likeness (QED) is 0.804. The van der Waals surface area contributed by atoms with E-state index in [4.69, 9.17) is 34.8 Å². The fourth-order valence-corrected chi connectivity index (χ4v) is 2.47. The highest BCUT2D eigenvalue weighted by Gasteiger charge is 2.18. The van der Waals surface area contributed by atoms with Gasteiger partial charge in [-0.2, -0.15) is 0 Å². The molecule has 2 nitrogen and oxygen atoms in total. The summed E-state index contributed by atoms with van der Waals surface area (Å²) >= 11 is 17.8. The van der Waals surface area contributed by atoms with Gasteiger partial charge in [0.1, 0.15) is 0 Å². The van der Waals surface area contributed by atoms with Crippen molar-refractivity contribution < 1.29 is 4.79 Å². The number of nitrogens with one attached hydrogen (secondary N) is 1. The number of hydrogen-bond donors (Lipinski definition) is 1. The van der Waals surface area contributed by atoms with E-state index in [0.717, 1.165) is 6.42 Å². The van der Waals surface area contributed by atoms with E-state index in [1.165, 1.54) is 0 Å². The molecule has 0 spiro atoms. The van der Waals surface area contributed by atoms with Crippen LogP contribution >= 0.6 is 34.8 Å². The third-order valence-electron chi connectivity index (χ3n) is 2.47. The van der Waals surface area contributed by atoms with Crippen LogP contribution in [0.5, 0.6) is 0 Å². The maximum atomic E-state index is 12.1. The van der Waals surface area contributed by atoms with Crippen molar-refractivity contribution in [3.63, 3.8) is 0 Å². The SMILES string of the molecule is CC(C)CC(CCl)NC(=O)c1c(Cl)cccc1Cl. The lowest BCUT2D eigenvalue weighted by atomic mass is 10.0. The summed E-state index contributed by atoms with van der Waals surface area (Å²) in [5.74, 6) is 0.541. The lowest BCUT2D eigenvalue weighted by Gasteiger charge is -2.18. The van der Waals surface area contributed by atoms with Gasteiger partial charge in [-0.15, -0.1) is 11.6 Å². The molecule has 1 rings (SSSR count). The van der Waals surface area contributed by atoms with Crippen molar-refractivity contribution in [1.29, 1.82) is 0 Å². The van der Waals surface area contributed by atoms with Crippen LogP contribution in [0.25, 0.3) is 0 Å². The largest absolute Gasteiger partial charge is 0.348 e. The van der Waals surface area contributed by atoms with Gasteiger partial charge < -0.3 is 5.32 Å². The minimum absolute atomic E-state index is 0.0773. The van der Waals surface area contributed by atoms with E-state index < -0.39 is 0 Å². The van der Waals surface area contributed by atoms with Gasteiger partial charge in [0.2, 0.25) is 0 Å². The van der Waals surface area contributed by atoms with E-state index in [-0.39, 0.29) is 11.9 Å². The van der Waals surface area contributed by atoms with Gasteiger partial charge in [0.15, 0.2) is 0 Å². The fourth-order valence-electron chi connectivity index (χ4n) is 1.70.